The molecular weight excluding hydrogens is 168 g/mol. The summed E-state index contributed by atoms with van der Waals surface area (Å²) in [6.07, 6.45) is 2.53. The van der Waals surface area contributed by atoms with Crippen LogP contribution in [0.5, 0.6) is 0 Å². The second kappa shape index (κ2) is 2.61. The van der Waals surface area contributed by atoms with Gasteiger partial charge in [-0.05, 0) is 32.6 Å². The maximum atomic E-state index is 5.31. The van der Waals surface area contributed by atoms with Gasteiger partial charge in [0.25, 0.3) is 0 Å². The quantitative estimate of drug-likeness (QED) is 0.735. The highest BCUT2D eigenvalue weighted by Crippen LogP contribution is 2.40. The summed E-state index contributed by atoms with van der Waals surface area (Å²) in [5, 5.41) is 10.5. The molecule has 2 rings (SSSR count). The van der Waals surface area contributed by atoms with Crippen molar-refractivity contribution < 1.29 is 4.42 Å². The number of nitrogen functional groups attached to an aromatic ring is 1. The SMILES string of the molecule is CC(C)(Nc1nnc(N)o1)C1CC1. The molecule has 0 aliphatic heterocycles. The van der Waals surface area contributed by atoms with Gasteiger partial charge in [-0.2, -0.15) is 0 Å². The summed E-state index contributed by atoms with van der Waals surface area (Å²) >= 11 is 0. The van der Waals surface area contributed by atoms with Crippen LogP contribution in [0, 0.1) is 5.92 Å². The maximum absolute atomic E-state index is 5.31. The van der Waals surface area contributed by atoms with E-state index in [9.17, 15) is 0 Å². The van der Waals surface area contributed by atoms with Gasteiger partial charge in [-0.15, -0.1) is 0 Å². The molecule has 1 heterocycles. The van der Waals surface area contributed by atoms with Crippen molar-refractivity contribution in [2.24, 2.45) is 5.92 Å². The summed E-state index contributed by atoms with van der Waals surface area (Å²) in [7, 11) is 0. The van der Waals surface area contributed by atoms with E-state index >= 15 is 0 Å². The molecule has 0 saturated heterocycles. The second-order valence-corrected chi connectivity index (χ2v) is 4.07. The number of nitrogens with one attached hydrogen (secondary N) is 1. The Kier molecular flexibility index (Phi) is 1.68. The lowest BCUT2D eigenvalue weighted by atomic mass is 9.99. The molecule has 1 aromatic heterocycles. The molecule has 5 heteroatoms. The highest BCUT2D eigenvalue weighted by molar-refractivity contribution is 5.28. The largest absolute Gasteiger partial charge is 0.390 e. The topological polar surface area (TPSA) is 77.0 Å². The van der Waals surface area contributed by atoms with Crippen molar-refractivity contribution >= 4 is 12.0 Å². The van der Waals surface area contributed by atoms with Crippen LogP contribution in [0.1, 0.15) is 26.7 Å². The molecule has 0 unspecified atom stereocenters. The number of rotatable bonds is 3. The highest BCUT2D eigenvalue weighted by atomic mass is 16.4. The van der Waals surface area contributed by atoms with Crippen molar-refractivity contribution in [1.82, 2.24) is 10.2 Å². The molecule has 1 saturated carbocycles. The molecule has 3 N–H and O–H groups in total. The molecule has 1 aliphatic rings. The molecule has 5 nitrogen and oxygen atoms in total. The van der Waals surface area contributed by atoms with Crippen LogP contribution in [0.2, 0.25) is 0 Å². The van der Waals surface area contributed by atoms with Gasteiger partial charge in [0.05, 0.1) is 0 Å². The van der Waals surface area contributed by atoms with E-state index in [0.717, 1.165) is 0 Å². The van der Waals surface area contributed by atoms with Gasteiger partial charge in [-0.1, -0.05) is 10.2 Å². The monoisotopic (exact) mass is 182 g/mol. The first-order valence-corrected chi connectivity index (χ1v) is 4.45. The molecule has 1 aromatic rings. The average molecular weight is 182 g/mol. The van der Waals surface area contributed by atoms with Crippen LogP contribution in [-0.4, -0.2) is 15.7 Å². The van der Waals surface area contributed by atoms with Gasteiger partial charge in [0, 0.05) is 5.54 Å². The summed E-state index contributed by atoms with van der Waals surface area (Å²) in [4.78, 5) is 0. The summed E-state index contributed by atoms with van der Waals surface area (Å²) in [6, 6.07) is 0.517. The number of hydrogen-bond acceptors (Lipinski definition) is 5. The zero-order valence-electron chi connectivity index (χ0n) is 7.87. The molecular formula is C8H14N4O. The normalized spacial score (nSPS) is 17.4. The third kappa shape index (κ3) is 1.74. The van der Waals surface area contributed by atoms with Gasteiger partial charge in [0.2, 0.25) is 0 Å². The molecule has 0 radical (unpaired) electrons. The van der Waals surface area contributed by atoms with Crippen LogP contribution >= 0.6 is 0 Å². The lowest BCUT2D eigenvalue weighted by Gasteiger charge is -2.24. The Morgan fingerprint density at radius 1 is 1.46 bits per heavy atom. The summed E-state index contributed by atoms with van der Waals surface area (Å²) < 4.78 is 5.04. The Morgan fingerprint density at radius 2 is 2.15 bits per heavy atom. The van der Waals surface area contributed by atoms with Gasteiger partial charge >= 0.3 is 12.0 Å². The minimum atomic E-state index is 0.0268. The zero-order chi connectivity index (χ0) is 9.47. The molecule has 1 fully saturated rings. The maximum Gasteiger partial charge on any atom is 0.317 e. The molecule has 1 aliphatic carbocycles. The van der Waals surface area contributed by atoms with E-state index in [4.69, 9.17) is 10.2 Å². The van der Waals surface area contributed by atoms with Gasteiger partial charge in [0.15, 0.2) is 0 Å². The van der Waals surface area contributed by atoms with E-state index < -0.39 is 0 Å². The fourth-order valence-corrected chi connectivity index (χ4v) is 1.47. The van der Waals surface area contributed by atoms with Crippen molar-refractivity contribution in [3.05, 3.63) is 0 Å². The summed E-state index contributed by atoms with van der Waals surface area (Å²) in [6.45, 7) is 4.26. The minimum absolute atomic E-state index is 0.0268. The van der Waals surface area contributed by atoms with Crippen molar-refractivity contribution in [2.45, 2.75) is 32.2 Å². The highest BCUT2D eigenvalue weighted by Gasteiger charge is 2.38. The third-order valence-corrected chi connectivity index (χ3v) is 2.47. The van der Waals surface area contributed by atoms with E-state index in [0.29, 0.717) is 11.9 Å². The van der Waals surface area contributed by atoms with E-state index in [1.807, 2.05) is 0 Å². The van der Waals surface area contributed by atoms with Crippen LogP contribution in [0.15, 0.2) is 4.42 Å². The molecule has 0 bridgehead atoms. The first-order chi connectivity index (χ1) is 6.08. The Balaban J connectivity index is 2.04. The lowest BCUT2D eigenvalue weighted by Crippen LogP contribution is -2.33. The Hall–Kier alpha value is -1.26. The number of nitrogens with two attached hydrogens (primary N) is 1. The molecule has 0 atom stereocenters. The third-order valence-electron chi connectivity index (χ3n) is 2.47. The average Bonchev–Trinajstić information content (AvgIpc) is 2.78. The van der Waals surface area contributed by atoms with E-state index in [-0.39, 0.29) is 11.6 Å². The van der Waals surface area contributed by atoms with Crippen molar-refractivity contribution in [3.63, 3.8) is 0 Å². The smallest absolute Gasteiger partial charge is 0.317 e. The molecule has 0 amide bonds. The summed E-state index contributed by atoms with van der Waals surface area (Å²) in [5.74, 6) is 0.709. The van der Waals surface area contributed by atoms with Gasteiger partial charge in [-0.3, -0.25) is 0 Å². The van der Waals surface area contributed by atoms with Gasteiger partial charge < -0.3 is 15.5 Å². The molecule has 0 spiro atoms. The van der Waals surface area contributed by atoms with Crippen LogP contribution < -0.4 is 11.1 Å². The minimum Gasteiger partial charge on any atom is -0.390 e. The second-order valence-electron chi connectivity index (χ2n) is 4.07. The summed E-state index contributed by atoms with van der Waals surface area (Å²) in [5.41, 5.74) is 5.34. The van der Waals surface area contributed by atoms with Crippen LogP contribution in [-0.2, 0) is 0 Å². The predicted octanol–water partition coefficient (Wildman–Crippen LogP) is 1.25. The number of anilines is 2. The van der Waals surface area contributed by atoms with Crippen molar-refractivity contribution in [1.29, 1.82) is 0 Å². The number of hydrogen-bond donors (Lipinski definition) is 2. The van der Waals surface area contributed by atoms with Crippen LogP contribution in [0.25, 0.3) is 0 Å². The van der Waals surface area contributed by atoms with Gasteiger partial charge in [-0.25, -0.2) is 0 Å². The fraction of sp³-hybridized carbons (Fsp3) is 0.750. The van der Waals surface area contributed by atoms with E-state index in [1.165, 1.54) is 12.8 Å². The lowest BCUT2D eigenvalue weighted by molar-refractivity contribution is 0.465. The molecule has 0 aromatic carbocycles. The first-order valence-electron chi connectivity index (χ1n) is 4.45. The van der Waals surface area contributed by atoms with E-state index in [2.05, 4.69) is 29.4 Å². The standard InChI is InChI=1S/C8H14N4O/c1-8(2,5-3-4-5)10-7-12-11-6(9)13-7/h5H,3-4H2,1-2H3,(H2,9,11)(H,10,12). The molecule has 13 heavy (non-hydrogen) atoms. The van der Waals surface area contributed by atoms with Crippen LogP contribution in [0.3, 0.4) is 0 Å². The first kappa shape index (κ1) is 8.34. The predicted molar refractivity (Wildman–Crippen MR) is 49.1 cm³/mol. The Morgan fingerprint density at radius 3 is 2.62 bits per heavy atom. The number of nitrogens with zero attached hydrogens (tertiary/aromatic N) is 2. The van der Waals surface area contributed by atoms with Crippen LogP contribution in [0.4, 0.5) is 12.0 Å². The zero-order valence-corrected chi connectivity index (χ0v) is 7.87. The van der Waals surface area contributed by atoms with Gasteiger partial charge in [0.1, 0.15) is 0 Å². The number of aromatic nitrogens is 2. The Bertz CT molecular complexity index is 303. The van der Waals surface area contributed by atoms with E-state index in [1.54, 1.807) is 0 Å². The van der Waals surface area contributed by atoms with Crippen molar-refractivity contribution in [2.75, 3.05) is 11.1 Å². The molecule has 72 valence electrons. The van der Waals surface area contributed by atoms with Crippen molar-refractivity contribution in [3.8, 4) is 0 Å². The fourth-order valence-electron chi connectivity index (χ4n) is 1.47. The Labute approximate surface area is 76.7 Å².